The maximum absolute atomic E-state index is 12.3. The molecule has 0 bridgehead atoms. The minimum Gasteiger partial charge on any atom is -0.465 e. The summed E-state index contributed by atoms with van der Waals surface area (Å²) < 4.78 is 9.78. The van der Waals surface area contributed by atoms with Crippen LogP contribution in [0, 0.1) is 0 Å². The van der Waals surface area contributed by atoms with Crippen molar-refractivity contribution in [3.8, 4) is 0 Å². The molecule has 0 atom stereocenters. The molecule has 0 spiro atoms. The van der Waals surface area contributed by atoms with Gasteiger partial charge in [0.05, 0.1) is 18.9 Å². The summed E-state index contributed by atoms with van der Waals surface area (Å²) in [5.41, 5.74) is 6.11. The first-order chi connectivity index (χ1) is 9.60. The van der Waals surface area contributed by atoms with E-state index in [1.165, 1.54) is 18.2 Å². The number of carbonyl (C=O) groups excluding carboxylic acids is 2. The lowest BCUT2D eigenvalue weighted by molar-refractivity contribution is -0.143. The first kappa shape index (κ1) is 15.9. The standard InChI is InChI=1S/C13H19N3O4/c1-3-20-11(17)9-16(7-8-19-2)13(18)12-10(14)5-4-6-15-12/h4-6H,3,7-9,14H2,1-2H3. The number of hydrogen-bond acceptors (Lipinski definition) is 6. The highest BCUT2D eigenvalue weighted by atomic mass is 16.5. The molecule has 7 heteroatoms. The van der Waals surface area contributed by atoms with Crippen molar-refractivity contribution in [3.63, 3.8) is 0 Å². The lowest BCUT2D eigenvalue weighted by Crippen LogP contribution is -2.39. The predicted octanol–water partition coefficient (Wildman–Crippen LogP) is 0.315. The third-order valence-corrected chi connectivity index (χ3v) is 2.52. The third kappa shape index (κ3) is 4.51. The summed E-state index contributed by atoms with van der Waals surface area (Å²) >= 11 is 0. The number of pyridine rings is 1. The van der Waals surface area contributed by atoms with E-state index < -0.39 is 11.9 Å². The molecule has 2 N–H and O–H groups in total. The zero-order chi connectivity index (χ0) is 15.0. The van der Waals surface area contributed by atoms with Gasteiger partial charge in [-0.3, -0.25) is 9.59 Å². The second-order valence-electron chi connectivity index (χ2n) is 3.97. The number of esters is 1. The fourth-order valence-corrected chi connectivity index (χ4v) is 1.56. The molecule has 1 rings (SSSR count). The minimum absolute atomic E-state index is 0.118. The molecule has 0 saturated carbocycles. The first-order valence-corrected chi connectivity index (χ1v) is 6.24. The highest BCUT2D eigenvalue weighted by Crippen LogP contribution is 2.10. The largest absolute Gasteiger partial charge is 0.465 e. The number of nitrogens with two attached hydrogens (primary N) is 1. The monoisotopic (exact) mass is 281 g/mol. The van der Waals surface area contributed by atoms with Gasteiger partial charge in [-0.25, -0.2) is 4.98 Å². The van der Waals surface area contributed by atoms with E-state index in [1.54, 1.807) is 19.1 Å². The number of hydrogen-bond donors (Lipinski definition) is 1. The van der Waals surface area contributed by atoms with E-state index in [0.717, 1.165) is 0 Å². The number of amides is 1. The summed E-state index contributed by atoms with van der Waals surface area (Å²) in [4.78, 5) is 29.1. The van der Waals surface area contributed by atoms with Crippen LogP contribution in [0.15, 0.2) is 18.3 Å². The summed E-state index contributed by atoms with van der Waals surface area (Å²) in [7, 11) is 1.52. The number of carbonyl (C=O) groups is 2. The number of rotatable bonds is 7. The van der Waals surface area contributed by atoms with E-state index in [2.05, 4.69) is 4.98 Å². The van der Waals surface area contributed by atoms with Crippen molar-refractivity contribution in [2.24, 2.45) is 0 Å². The highest BCUT2D eigenvalue weighted by molar-refractivity contribution is 5.98. The molecule has 1 aromatic heterocycles. The van der Waals surface area contributed by atoms with Crippen LogP contribution in [0.4, 0.5) is 5.69 Å². The van der Waals surface area contributed by atoms with Crippen molar-refractivity contribution in [2.75, 3.05) is 39.1 Å². The van der Waals surface area contributed by atoms with E-state index in [-0.39, 0.29) is 31.1 Å². The van der Waals surface area contributed by atoms with Crippen LogP contribution in [-0.2, 0) is 14.3 Å². The molecule has 0 unspecified atom stereocenters. The lowest BCUT2D eigenvalue weighted by Gasteiger charge is -2.21. The second kappa shape index (κ2) is 8.11. The van der Waals surface area contributed by atoms with Crippen LogP contribution in [0.5, 0.6) is 0 Å². The van der Waals surface area contributed by atoms with Crippen LogP contribution < -0.4 is 5.73 Å². The van der Waals surface area contributed by atoms with Crippen LogP contribution in [0.1, 0.15) is 17.4 Å². The summed E-state index contributed by atoms with van der Waals surface area (Å²) in [5.74, 6) is -0.903. The zero-order valence-corrected chi connectivity index (χ0v) is 11.7. The lowest BCUT2D eigenvalue weighted by atomic mass is 10.2. The van der Waals surface area contributed by atoms with Gasteiger partial charge >= 0.3 is 5.97 Å². The molecule has 0 aliphatic carbocycles. The minimum atomic E-state index is -0.480. The van der Waals surface area contributed by atoms with Crippen molar-refractivity contribution < 1.29 is 19.1 Å². The molecular weight excluding hydrogens is 262 g/mol. The van der Waals surface area contributed by atoms with Crippen molar-refractivity contribution in [1.82, 2.24) is 9.88 Å². The van der Waals surface area contributed by atoms with Gasteiger partial charge in [-0.15, -0.1) is 0 Å². The van der Waals surface area contributed by atoms with Gasteiger partial charge in [-0.05, 0) is 19.1 Å². The molecule has 110 valence electrons. The number of ether oxygens (including phenoxy) is 2. The maximum Gasteiger partial charge on any atom is 0.325 e. The molecule has 7 nitrogen and oxygen atoms in total. The molecule has 0 fully saturated rings. The molecule has 0 aliphatic rings. The highest BCUT2D eigenvalue weighted by Gasteiger charge is 2.22. The summed E-state index contributed by atoms with van der Waals surface area (Å²) in [5, 5.41) is 0. The van der Waals surface area contributed by atoms with Gasteiger partial charge in [0.15, 0.2) is 5.69 Å². The predicted molar refractivity (Wildman–Crippen MR) is 73.1 cm³/mol. The Labute approximate surface area is 117 Å². The first-order valence-electron chi connectivity index (χ1n) is 6.24. The molecule has 0 radical (unpaired) electrons. The Morgan fingerprint density at radius 2 is 2.20 bits per heavy atom. The van der Waals surface area contributed by atoms with E-state index in [0.29, 0.717) is 6.61 Å². The Hall–Kier alpha value is -2.15. The van der Waals surface area contributed by atoms with Crippen LogP contribution in [0.3, 0.4) is 0 Å². The topological polar surface area (TPSA) is 94.7 Å². The average molecular weight is 281 g/mol. The summed E-state index contributed by atoms with van der Waals surface area (Å²) in [6, 6.07) is 3.22. The van der Waals surface area contributed by atoms with Crippen LogP contribution in [0.25, 0.3) is 0 Å². The van der Waals surface area contributed by atoms with Gasteiger partial charge in [0.1, 0.15) is 6.54 Å². The van der Waals surface area contributed by atoms with Gasteiger partial charge in [-0.2, -0.15) is 0 Å². The van der Waals surface area contributed by atoms with Gasteiger partial charge < -0.3 is 20.1 Å². The molecule has 0 aromatic carbocycles. The maximum atomic E-state index is 12.3. The molecule has 0 saturated heterocycles. The summed E-state index contributed by atoms with van der Waals surface area (Å²) in [6.45, 7) is 2.36. The number of aromatic nitrogens is 1. The normalized spacial score (nSPS) is 10.1. The van der Waals surface area contributed by atoms with E-state index >= 15 is 0 Å². The third-order valence-electron chi connectivity index (χ3n) is 2.52. The Morgan fingerprint density at radius 1 is 1.45 bits per heavy atom. The van der Waals surface area contributed by atoms with Gasteiger partial charge in [0.2, 0.25) is 0 Å². The Morgan fingerprint density at radius 3 is 2.80 bits per heavy atom. The van der Waals surface area contributed by atoms with E-state index in [9.17, 15) is 9.59 Å². The molecule has 1 aromatic rings. The molecule has 1 heterocycles. The Kier molecular flexibility index (Phi) is 6.45. The number of nitrogens with zero attached hydrogens (tertiary/aromatic N) is 2. The SMILES string of the molecule is CCOC(=O)CN(CCOC)C(=O)c1ncccc1N. The van der Waals surface area contributed by atoms with E-state index in [4.69, 9.17) is 15.2 Å². The Balaban J connectivity index is 2.84. The second-order valence-corrected chi connectivity index (χ2v) is 3.97. The van der Waals surface area contributed by atoms with Crippen LogP contribution in [-0.4, -0.2) is 55.2 Å². The van der Waals surface area contributed by atoms with Crippen molar-refractivity contribution in [1.29, 1.82) is 0 Å². The average Bonchev–Trinajstić information content (AvgIpc) is 2.43. The Bertz CT molecular complexity index is 465. The van der Waals surface area contributed by atoms with Crippen molar-refractivity contribution >= 4 is 17.6 Å². The summed E-state index contributed by atoms with van der Waals surface area (Å²) in [6.07, 6.45) is 1.47. The number of methoxy groups -OCH3 is 1. The number of anilines is 1. The van der Waals surface area contributed by atoms with Crippen molar-refractivity contribution in [3.05, 3.63) is 24.0 Å². The van der Waals surface area contributed by atoms with Crippen LogP contribution >= 0.6 is 0 Å². The molecule has 1 amide bonds. The zero-order valence-electron chi connectivity index (χ0n) is 11.7. The van der Waals surface area contributed by atoms with Gasteiger partial charge in [0.25, 0.3) is 5.91 Å². The number of nitrogen functional groups attached to an aromatic ring is 1. The molecule has 0 aliphatic heterocycles. The molecule has 20 heavy (non-hydrogen) atoms. The van der Waals surface area contributed by atoms with Gasteiger partial charge in [0, 0.05) is 19.9 Å². The molecular formula is C13H19N3O4. The quantitative estimate of drug-likeness (QED) is 0.723. The fourth-order valence-electron chi connectivity index (χ4n) is 1.56. The smallest absolute Gasteiger partial charge is 0.325 e. The van der Waals surface area contributed by atoms with Crippen molar-refractivity contribution in [2.45, 2.75) is 6.92 Å². The van der Waals surface area contributed by atoms with Crippen LogP contribution in [0.2, 0.25) is 0 Å². The fraction of sp³-hybridized carbons (Fsp3) is 0.462. The van der Waals surface area contributed by atoms with Gasteiger partial charge in [-0.1, -0.05) is 0 Å². The van der Waals surface area contributed by atoms with E-state index in [1.807, 2.05) is 0 Å².